The molecule has 4 aliphatic rings. The van der Waals surface area contributed by atoms with E-state index in [1.807, 2.05) is 20.8 Å². The molecule has 5 nitrogen and oxygen atoms in total. The molecular weight excluding hydrogens is 234 g/mol. The monoisotopic (exact) mass is 253 g/mol. The number of rotatable bonds is 2. The van der Waals surface area contributed by atoms with E-state index in [0.717, 1.165) is 6.42 Å². The minimum atomic E-state index is -0.705. The summed E-state index contributed by atoms with van der Waals surface area (Å²) in [5.41, 5.74) is -0.513. The van der Waals surface area contributed by atoms with Crippen molar-refractivity contribution in [1.82, 2.24) is 5.32 Å². The van der Waals surface area contributed by atoms with Crippen LogP contribution in [0.4, 0.5) is 4.79 Å². The van der Waals surface area contributed by atoms with Gasteiger partial charge in [-0.2, -0.15) is 0 Å². The third-order valence-corrected chi connectivity index (χ3v) is 4.56. The number of hydrogen-bond acceptors (Lipinski definition) is 3. The van der Waals surface area contributed by atoms with Gasteiger partial charge < -0.3 is 15.2 Å². The second-order valence-corrected chi connectivity index (χ2v) is 6.75. The summed E-state index contributed by atoms with van der Waals surface area (Å²) in [5, 5.41) is 12.1. The fourth-order valence-electron chi connectivity index (χ4n) is 4.15. The molecule has 0 radical (unpaired) electrons. The molecular formula is C13H19NO4. The third kappa shape index (κ3) is 1.60. The Balaban J connectivity index is 1.64. The first-order chi connectivity index (χ1) is 8.29. The fraction of sp³-hybridized carbons (Fsp3) is 0.846. The maximum Gasteiger partial charge on any atom is 0.407 e. The summed E-state index contributed by atoms with van der Waals surface area (Å²) in [6.07, 6.45) is 0.530. The lowest BCUT2D eigenvalue weighted by molar-refractivity contribution is -0.143. The van der Waals surface area contributed by atoms with Crippen LogP contribution in [0.15, 0.2) is 0 Å². The smallest absolute Gasteiger partial charge is 0.407 e. The van der Waals surface area contributed by atoms with E-state index in [-0.39, 0.29) is 17.9 Å². The molecule has 2 N–H and O–H groups in total. The Morgan fingerprint density at radius 1 is 1.22 bits per heavy atom. The highest BCUT2D eigenvalue weighted by atomic mass is 16.6. The average molecular weight is 253 g/mol. The number of amides is 1. The van der Waals surface area contributed by atoms with Crippen LogP contribution in [0, 0.1) is 29.6 Å². The van der Waals surface area contributed by atoms with Gasteiger partial charge in [0.1, 0.15) is 5.60 Å². The summed E-state index contributed by atoms with van der Waals surface area (Å²) in [6.45, 7) is 5.46. The van der Waals surface area contributed by atoms with E-state index in [1.165, 1.54) is 0 Å². The summed E-state index contributed by atoms with van der Waals surface area (Å²) in [7, 11) is 0. The van der Waals surface area contributed by atoms with Crippen molar-refractivity contribution in [3.8, 4) is 0 Å². The van der Waals surface area contributed by atoms with Crippen molar-refractivity contribution in [2.24, 2.45) is 29.6 Å². The predicted octanol–water partition coefficient (Wildman–Crippen LogP) is 1.48. The van der Waals surface area contributed by atoms with Crippen LogP contribution in [0.5, 0.6) is 0 Å². The van der Waals surface area contributed by atoms with Crippen molar-refractivity contribution in [1.29, 1.82) is 0 Å². The minimum absolute atomic E-state index is 0.0101. The zero-order chi connectivity index (χ0) is 13.2. The summed E-state index contributed by atoms with van der Waals surface area (Å²) >= 11 is 0. The van der Waals surface area contributed by atoms with Crippen LogP contribution in [0.2, 0.25) is 0 Å². The maximum atomic E-state index is 11.7. The Kier molecular flexibility index (Phi) is 2.23. The van der Waals surface area contributed by atoms with Crippen molar-refractivity contribution in [2.75, 3.05) is 0 Å². The highest BCUT2D eigenvalue weighted by Gasteiger charge is 2.75. The molecule has 0 aromatic rings. The van der Waals surface area contributed by atoms with E-state index in [2.05, 4.69) is 5.32 Å². The number of alkyl carbamates (subject to hydrolysis) is 1. The third-order valence-electron chi connectivity index (χ3n) is 4.56. The molecule has 4 saturated carbocycles. The van der Waals surface area contributed by atoms with Gasteiger partial charge in [-0.15, -0.1) is 0 Å². The van der Waals surface area contributed by atoms with Crippen LogP contribution in [-0.2, 0) is 9.53 Å². The first-order valence-corrected chi connectivity index (χ1v) is 6.52. The van der Waals surface area contributed by atoms with Crippen LogP contribution in [0.25, 0.3) is 0 Å². The molecule has 4 fully saturated rings. The maximum absolute atomic E-state index is 11.7. The number of carbonyl (C=O) groups excluding carboxylic acids is 1. The van der Waals surface area contributed by atoms with Crippen molar-refractivity contribution in [2.45, 2.75) is 38.8 Å². The molecule has 0 aliphatic heterocycles. The van der Waals surface area contributed by atoms with Gasteiger partial charge >= 0.3 is 12.1 Å². The molecule has 18 heavy (non-hydrogen) atoms. The van der Waals surface area contributed by atoms with Crippen molar-refractivity contribution >= 4 is 12.1 Å². The second-order valence-electron chi connectivity index (χ2n) is 6.75. The Morgan fingerprint density at radius 3 is 2.33 bits per heavy atom. The zero-order valence-corrected chi connectivity index (χ0v) is 10.8. The van der Waals surface area contributed by atoms with E-state index in [1.54, 1.807) is 0 Å². The van der Waals surface area contributed by atoms with E-state index in [4.69, 9.17) is 4.74 Å². The van der Waals surface area contributed by atoms with Gasteiger partial charge in [-0.3, -0.25) is 4.79 Å². The first-order valence-electron chi connectivity index (χ1n) is 6.52. The molecule has 6 atom stereocenters. The number of ether oxygens (including phenoxy) is 1. The van der Waals surface area contributed by atoms with Gasteiger partial charge in [0, 0.05) is 6.04 Å². The quantitative estimate of drug-likeness (QED) is 0.781. The molecule has 4 rings (SSSR count). The van der Waals surface area contributed by atoms with Crippen LogP contribution in [0.1, 0.15) is 27.2 Å². The van der Waals surface area contributed by atoms with Gasteiger partial charge in [-0.25, -0.2) is 4.79 Å². The fourth-order valence-corrected chi connectivity index (χ4v) is 4.15. The molecule has 100 valence electrons. The van der Waals surface area contributed by atoms with Gasteiger partial charge in [0.2, 0.25) is 0 Å². The lowest BCUT2D eigenvalue weighted by Gasteiger charge is -2.24. The van der Waals surface area contributed by atoms with Gasteiger partial charge in [0.15, 0.2) is 0 Å². The zero-order valence-electron chi connectivity index (χ0n) is 10.8. The first kappa shape index (κ1) is 11.8. The molecule has 0 aromatic heterocycles. The van der Waals surface area contributed by atoms with Crippen LogP contribution in [0.3, 0.4) is 0 Å². The summed E-state index contributed by atoms with van der Waals surface area (Å²) < 4.78 is 5.23. The Labute approximate surface area is 106 Å². The molecule has 4 aliphatic carbocycles. The molecule has 0 saturated heterocycles. The van der Waals surface area contributed by atoms with Gasteiger partial charge in [-0.05, 0) is 50.9 Å². The lowest BCUT2D eigenvalue weighted by atomic mass is 9.96. The van der Waals surface area contributed by atoms with Gasteiger partial charge in [0.05, 0.1) is 5.92 Å². The number of hydrogen-bond donors (Lipinski definition) is 2. The van der Waals surface area contributed by atoms with Gasteiger partial charge in [-0.1, -0.05) is 0 Å². The molecule has 0 spiro atoms. The summed E-state index contributed by atoms with van der Waals surface area (Å²) in [4.78, 5) is 22.9. The molecule has 6 unspecified atom stereocenters. The van der Waals surface area contributed by atoms with Gasteiger partial charge in [0.25, 0.3) is 0 Å². The Bertz CT molecular complexity index is 414. The SMILES string of the molecule is CC(C)(C)OC(=O)NC1C2CC3C1C3C2C(=O)O. The van der Waals surface area contributed by atoms with Crippen molar-refractivity contribution < 1.29 is 19.4 Å². The molecule has 0 aromatic carbocycles. The number of carboxylic acids is 1. The predicted molar refractivity (Wildman–Crippen MR) is 62.9 cm³/mol. The number of carboxylic acid groups (broad SMARTS) is 1. The number of aliphatic carboxylic acids is 1. The average Bonchev–Trinajstić information content (AvgIpc) is 2.55. The Morgan fingerprint density at radius 2 is 1.89 bits per heavy atom. The molecule has 4 bridgehead atoms. The topological polar surface area (TPSA) is 75.6 Å². The van der Waals surface area contributed by atoms with Crippen LogP contribution < -0.4 is 5.32 Å². The molecule has 0 heterocycles. The normalized spacial score (nSPS) is 43.7. The highest BCUT2D eigenvalue weighted by Crippen LogP contribution is 2.73. The molecule has 5 heteroatoms. The van der Waals surface area contributed by atoms with Crippen LogP contribution >= 0.6 is 0 Å². The van der Waals surface area contributed by atoms with E-state index in [9.17, 15) is 14.7 Å². The molecule has 1 amide bonds. The number of carbonyl (C=O) groups is 2. The highest BCUT2D eigenvalue weighted by molar-refractivity contribution is 5.75. The number of nitrogens with one attached hydrogen (secondary N) is 1. The van der Waals surface area contributed by atoms with E-state index in [0.29, 0.717) is 17.8 Å². The van der Waals surface area contributed by atoms with E-state index < -0.39 is 17.7 Å². The van der Waals surface area contributed by atoms with Crippen molar-refractivity contribution in [3.63, 3.8) is 0 Å². The minimum Gasteiger partial charge on any atom is -0.481 e. The Hall–Kier alpha value is -1.26. The summed E-state index contributed by atoms with van der Waals surface area (Å²) in [6, 6.07) is 0.0101. The second kappa shape index (κ2) is 3.39. The lowest BCUT2D eigenvalue weighted by Crippen LogP contribution is -2.42. The summed E-state index contributed by atoms with van der Waals surface area (Å²) in [5.74, 6) is 0.352. The van der Waals surface area contributed by atoms with E-state index >= 15 is 0 Å². The van der Waals surface area contributed by atoms with Crippen molar-refractivity contribution in [3.05, 3.63) is 0 Å². The standard InChI is InChI=1S/C13H19NO4/c1-13(2,3)18-12(17)14-10-6-4-5-7(8(5)10)9(6)11(15)16/h5-10H,4H2,1-3H3,(H,14,17)(H,15,16). The van der Waals surface area contributed by atoms with Crippen LogP contribution in [-0.4, -0.2) is 28.8 Å². The largest absolute Gasteiger partial charge is 0.481 e.